The number of halogens is 2. The normalized spacial score (nSPS) is 10.8. The first-order valence-corrected chi connectivity index (χ1v) is 9.60. The van der Waals surface area contributed by atoms with Crippen LogP contribution in [0.4, 0.5) is 5.69 Å². The highest BCUT2D eigenvalue weighted by Gasteiger charge is 2.21. The predicted molar refractivity (Wildman–Crippen MR) is 110 cm³/mol. The number of carbonyl (C=O) groups is 1. The Morgan fingerprint density at radius 1 is 1.23 bits per heavy atom. The number of aromatic nitrogens is 4. The summed E-state index contributed by atoms with van der Waals surface area (Å²) in [6.07, 6.45) is 1.59. The van der Waals surface area contributed by atoms with E-state index in [4.69, 9.17) is 27.9 Å². The van der Waals surface area contributed by atoms with Crippen LogP contribution in [0.2, 0.25) is 10.0 Å². The molecule has 0 atom stereocenters. The molecule has 0 radical (unpaired) electrons. The molecule has 30 heavy (non-hydrogen) atoms. The van der Waals surface area contributed by atoms with Gasteiger partial charge in [0, 0.05) is 12.7 Å². The summed E-state index contributed by atoms with van der Waals surface area (Å²) in [6.45, 7) is 3.74. The number of benzene rings is 1. The third-order valence-electron chi connectivity index (χ3n) is 4.27. The molecule has 0 unspecified atom stereocenters. The van der Waals surface area contributed by atoms with Gasteiger partial charge in [0.2, 0.25) is 0 Å². The predicted octanol–water partition coefficient (Wildman–Crippen LogP) is 3.38. The molecule has 1 amide bonds. The average Bonchev–Trinajstić information content (AvgIpc) is 3.26. The number of hydrogen-bond acceptors (Lipinski definition) is 6. The number of para-hydroxylation sites is 1. The summed E-state index contributed by atoms with van der Waals surface area (Å²) in [4.78, 5) is 22.9. The van der Waals surface area contributed by atoms with Crippen LogP contribution in [-0.2, 0) is 13.3 Å². The first kappa shape index (κ1) is 21.6. The van der Waals surface area contributed by atoms with Crippen molar-refractivity contribution < 1.29 is 14.5 Å². The van der Waals surface area contributed by atoms with E-state index in [2.05, 4.69) is 15.5 Å². The van der Waals surface area contributed by atoms with Crippen molar-refractivity contribution >= 4 is 34.8 Å². The van der Waals surface area contributed by atoms with Crippen molar-refractivity contribution in [3.05, 3.63) is 67.7 Å². The van der Waals surface area contributed by atoms with E-state index in [1.54, 1.807) is 44.3 Å². The number of nitrogens with zero attached hydrogens (tertiary/aromatic N) is 5. The molecule has 0 fully saturated rings. The Morgan fingerprint density at radius 3 is 2.57 bits per heavy atom. The Bertz CT molecular complexity index is 1070. The summed E-state index contributed by atoms with van der Waals surface area (Å²) in [5, 5.41) is 22.8. The van der Waals surface area contributed by atoms with Crippen LogP contribution >= 0.6 is 23.2 Å². The Balaban J connectivity index is 1.54. The monoisotopic (exact) mass is 452 g/mol. The van der Waals surface area contributed by atoms with Crippen molar-refractivity contribution in [1.29, 1.82) is 0 Å². The zero-order chi connectivity index (χ0) is 21.8. The molecule has 0 saturated heterocycles. The molecule has 158 valence electrons. The minimum absolute atomic E-state index is 0.0151. The second-order valence-corrected chi connectivity index (χ2v) is 7.13. The van der Waals surface area contributed by atoms with Crippen LogP contribution in [0.5, 0.6) is 5.75 Å². The molecular formula is C18H18Cl2N6O4. The summed E-state index contributed by atoms with van der Waals surface area (Å²) in [6, 6.07) is 6.56. The molecule has 0 bridgehead atoms. The number of amides is 1. The highest BCUT2D eigenvalue weighted by atomic mass is 35.5. The van der Waals surface area contributed by atoms with Crippen molar-refractivity contribution in [3.63, 3.8) is 0 Å². The van der Waals surface area contributed by atoms with Gasteiger partial charge in [0.25, 0.3) is 5.91 Å². The van der Waals surface area contributed by atoms with Gasteiger partial charge in [-0.05, 0) is 32.0 Å². The molecule has 1 aromatic carbocycles. The van der Waals surface area contributed by atoms with E-state index in [1.807, 2.05) is 0 Å². The molecule has 3 aromatic rings. The van der Waals surface area contributed by atoms with Crippen LogP contribution in [0.3, 0.4) is 0 Å². The van der Waals surface area contributed by atoms with Crippen molar-refractivity contribution in [1.82, 2.24) is 24.9 Å². The Morgan fingerprint density at radius 2 is 1.93 bits per heavy atom. The summed E-state index contributed by atoms with van der Waals surface area (Å²) >= 11 is 12.1. The molecule has 10 nitrogen and oxygen atoms in total. The first-order chi connectivity index (χ1) is 14.3. The number of ether oxygens (including phenoxy) is 1. The second kappa shape index (κ2) is 9.14. The molecule has 3 rings (SSSR count). The lowest BCUT2D eigenvalue weighted by atomic mass is 10.3. The Labute approximate surface area is 181 Å². The van der Waals surface area contributed by atoms with E-state index in [0.717, 1.165) is 0 Å². The van der Waals surface area contributed by atoms with Crippen LogP contribution in [-0.4, -0.2) is 36.9 Å². The van der Waals surface area contributed by atoms with Crippen molar-refractivity contribution in [2.24, 2.45) is 0 Å². The molecule has 0 spiro atoms. The zero-order valence-corrected chi connectivity index (χ0v) is 17.6. The Kier molecular flexibility index (Phi) is 6.58. The number of hydrogen-bond donors (Lipinski definition) is 1. The largest absolute Gasteiger partial charge is 0.468 e. The lowest BCUT2D eigenvalue weighted by Gasteiger charge is -2.09. The lowest BCUT2D eigenvalue weighted by Crippen LogP contribution is -2.28. The minimum Gasteiger partial charge on any atom is -0.468 e. The maximum Gasteiger partial charge on any atom is 0.312 e. The van der Waals surface area contributed by atoms with Gasteiger partial charge < -0.3 is 10.1 Å². The van der Waals surface area contributed by atoms with Crippen LogP contribution in [0, 0.1) is 24.0 Å². The van der Waals surface area contributed by atoms with Gasteiger partial charge >= 0.3 is 5.69 Å². The third kappa shape index (κ3) is 4.71. The lowest BCUT2D eigenvalue weighted by molar-refractivity contribution is -0.386. The third-order valence-corrected chi connectivity index (χ3v) is 4.86. The SMILES string of the molecule is Cc1nn(CCNC(=O)c2ccn(COc3c(Cl)cccc3Cl)n2)c(C)c1[N+](=O)[O-]. The molecule has 1 N–H and O–H groups in total. The Hall–Kier alpha value is -3.11. The maximum atomic E-state index is 12.3. The number of rotatable bonds is 8. The van der Waals surface area contributed by atoms with Crippen molar-refractivity contribution in [2.75, 3.05) is 6.54 Å². The molecular weight excluding hydrogens is 435 g/mol. The van der Waals surface area contributed by atoms with Gasteiger partial charge in [-0.2, -0.15) is 10.2 Å². The van der Waals surface area contributed by atoms with E-state index < -0.39 is 4.92 Å². The van der Waals surface area contributed by atoms with E-state index in [-0.39, 0.29) is 30.6 Å². The molecule has 2 aromatic heterocycles. The van der Waals surface area contributed by atoms with Crippen molar-refractivity contribution in [3.8, 4) is 5.75 Å². The van der Waals surface area contributed by atoms with Gasteiger partial charge in [0.15, 0.2) is 12.5 Å². The summed E-state index contributed by atoms with van der Waals surface area (Å²) < 4.78 is 8.49. The fourth-order valence-corrected chi connectivity index (χ4v) is 3.35. The quantitative estimate of drug-likeness (QED) is 0.413. The highest BCUT2D eigenvalue weighted by Crippen LogP contribution is 2.32. The van der Waals surface area contributed by atoms with Gasteiger partial charge in [-0.15, -0.1) is 0 Å². The topological polar surface area (TPSA) is 117 Å². The summed E-state index contributed by atoms with van der Waals surface area (Å²) in [7, 11) is 0. The van der Waals surface area contributed by atoms with E-state index in [1.165, 1.54) is 9.36 Å². The van der Waals surface area contributed by atoms with E-state index in [9.17, 15) is 14.9 Å². The standard InChI is InChI=1S/C18H18Cl2N6O4/c1-11-16(26(28)29)12(2)25(22-11)9-7-21-18(27)15-6-8-24(23-15)10-30-17-13(19)4-3-5-14(17)20/h3-6,8H,7,9-10H2,1-2H3,(H,21,27). The van der Waals surface area contributed by atoms with Crippen LogP contribution in [0.15, 0.2) is 30.5 Å². The van der Waals surface area contributed by atoms with Gasteiger partial charge in [0.1, 0.15) is 17.1 Å². The van der Waals surface area contributed by atoms with E-state index in [0.29, 0.717) is 33.7 Å². The molecule has 0 aliphatic carbocycles. The highest BCUT2D eigenvalue weighted by molar-refractivity contribution is 6.37. The smallest absolute Gasteiger partial charge is 0.312 e. The molecule has 12 heteroatoms. The number of nitrogens with one attached hydrogen (secondary N) is 1. The van der Waals surface area contributed by atoms with E-state index >= 15 is 0 Å². The molecule has 2 heterocycles. The van der Waals surface area contributed by atoms with Gasteiger partial charge in [0.05, 0.1) is 21.5 Å². The fraction of sp³-hybridized carbons (Fsp3) is 0.278. The zero-order valence-electron chi connectivity index (χ0n) is 16.1. The summed E-state index contributed by atoms with van der Waals surface area (Å²) in [5.41, 5.74) is 0.953. The minimum atomic E-state index is -0.461. The van der Waals surface area contributed by atoms with Crippen molar-refractivity contribution in [2.45, 2.75) is 27.1 Å². The fourth-order valence-electron chi connectivity index (χ4n) is 2.84. The average molecular weight is 453 g/mol. The second-order valence-electron chi connectivity index (χ2n) is 6.32. The number of carbonyl (C=O) groups excluding carboxylic acids is 1. The van der Waals surface area contributed by atoms with Gasteiger partial charge in [-0.3, -0.25) is 19.6 Å². The molecule has 0 aliphatic heterocycles. The molecule has 0 aliphatic rings. The number of aryl methyl sites for hydroxylation is 1. The first-order valence-electron chi connectivity index (χ1n) is 8.84. The van der Waals surface area contributed by atoms with Crippen LogP contribution in [0.1, 0.15) is 21.9 Å². The summed E-state index contributed by atoms with van der Waals surface area (Å²) in [5.74, 6) is -0.0538. The van der Waals surface area contributed by atoms with Gasteiger partial charge in [-0.25, -0.2) is 4.68 Å². The molecule has 0 saturated carbocycles. The van der Waals surface area contributed by atoms with Crippen LogP contribution < -0.4 is 10.1 Å². The van der Waals surface area contributed by atoms with Gasteiger partial charge in [-0.1, -0.05) is 29.3 Å². The maximum absolute atomic E-state index is 12.3. The number of nitro groups is 1. The van der Waals surface area contributed by atoms with Crippen LogP contribution in [0.25, 0.3) is 0 Å².